The molecule has 0 rings (SSSR count). The smallest absolute Gasteiger partial charge is 0.166 e. The van der Waals surface area contributed by atoms with E-state index in [9.17, 15) is 9.18 Å². The molecule has 1 nitrogen and oxygen atoms in total. The molecule has 0 radical (unpaired) electrons. The van der Waals surface area contributed by atoms with Crippen molar-refractivity contribution >= 4 is 5.78 Å². The summed E-state index contributed by atoms with van der Waals surface area (Å²) in [4.78, 5) is 11.0. The topological polar surface area (TPSA) is 17.1 Å². The van der Waals surface area contributed by atoms with E-state index >= 15 is 0 Å². The zero-order chi connectivity index (χ0) is 9.40. The summed E-state index contributed by atoms with van der Waals surface area (Å²) in [7, 11) is 0. The van der Waals surface area contributed by atoms with E-state index in [1.807, 2.05) is 13.8 Å². The van der Waals surface area contributed by atoms with Gasteiger partial charge in [-0.3, -0.25) is 4.79 Å². The van der Waals surface area contributed by atoms with Crippen molar-refractivity contribution in [1.82, 2.24) is 0 Å². The second kappa shape index (κ2) is 7.26. The van der Waals surface area contributed by atoms with E-state index in [2.05, 4.69) is 0 Å². The first-order valence-corrected chi connectivity index (χ1v) is 4.89. The second-order valence-corrected chi connectivity index (χ2v) is 3.18. The summed E-state index contributed by atoms with van der Waals surface area (Å²) in [6.45, 7) is 4.01. The minimum Gasteiger partial charge on any atom is -0.296 e. The zero-order valence-corrected chi connectivity index (χ0v) is 8.11. The summed E-state index contributed by atoms with van der Waals surface area (Å²) in [6, 6.07) is 0. The summed E-state index contributed by atoms with van der Waals surface area (Å²) in [5.41, 5.74) is 0. The van der Waals surface area contributed by atoms with Crippen LogP contribution >= 0.6 is 0 Å². The van der Waals surface area contributed by atoms with Crippen molar-refractivity contribution in [2.24, 2.45) is 0 Å². The Morgan fingerprint density at radius 1 is 1.25 bits per heavy atom. The largest absolute Gasteiger partial charge is 0.296 e. The fraction of sp³-hybridized carbons (Fsp3) is 0.900. The summed E-state index contributed by atoms with van der Waals surface area (Å²) < 4.78 is 13.0. The van der Waals surface area contributed by atoms with Crippen LogP contribution in [0.2, 0.25) is 0 Å². The van der Waals surface area contributed by atoms with Crippen LogP contribution in [-0.2, 0) is 4.79 Å². The molecular formula is C10H19FO. The molecule has 1 atom stereocenters. The minimum absolute atomic E-state index is 0.203. The van der Waals surface area contributed by atoms with Crippen LogP contribution < -0.4 is 0 Å². The molecule has 0 aliphatic rings. The van der Waals surface area contributed by atoms with Crippen LogP contribution in [0.1, 0.15) is 52.4 Å². The fourth-order valence-electron chi connectivity index (χ4n) is 1.05. The number of alkyl halides is 1. The Bertz CT molecular complexity index is 123. The monoisotopic (exact) mass is 174 g/mol. The van der Waals surface area contributed by atoms with Crippen LogP contribution in [0.15, 0.2) is 0 Å². The van der Waals surface area contributed by atoms with Crippen LogP contribution in [0.25, 0.3) is 0 Å². The van der Waals surface area contributed by atoms with Gasteiger partial charge in [-0.25, -0.2) is 4.39 Å². The summed E-state index contributed by atoms with van der Waals surface area (Å²) >= 11 is 0. The molecule has 0 aromatic heterocycles. The molecule has 0 heterocycles. The lowest BCUT2D eigenvalue weighted by atomic mass is 10.1. The quantitative estimate of drug-likeness (QED) is 0.579. The average molecular weight is 174 g/mol. The van der Waals surface area contributed by atoms with Crippen LogP contribution in [0.4, 0.5) is 4.39 Å². The van der Waals surface area contributed by atoms with Gasteiger partial charge >= 0.3 is 0 Å². The third-order valence-electron chi connectivity index (χ3n) is 1.94. The summed E-state index contributed by atoms with van der Waals surface area (Å²) in [5.74, 6) is -0.203. The number of ketones is 1. The van der Waals surface area contributed by atoms with E-state index in [1.54, 1.807) is 0 Å². The van der Waals surface area contributed by atoms with Crippen LogP contribution in [0, 0.1) is 0 Å². The molecule has 0 N–H and O–H groups in total. The van der Waals surface area contributed by atoms with Gasteiger partial charge in [-0.05, 0) is 12.8 Å². The lowest BCUT2D eigenvalue weighted by Gasteiger charge is -2.04. The molecule has 1 unspecified atom stereocenters. The molecule has 0 aromatic carbocycles. The Hall–Kier alpha value is -0.400. The molecule has 72 valence electrons. The van der Waals surface area contributed by atoms with Crippen molar-refractivity contribution in [3.8, 4) is 0 Å². The first-order chi connectivity index (χ1) is 5.72. The number of carbonyl (C=O) groups is 1. The third-order valence-corrected chi connectivity index (χ3v) is 1.94. The average Bonchev–Trinajstić information content (AvgIpc) is 2.10. The number of Topliss-reactive ketones (excluding diaryl/α,β-unsaturated/α-hetero) is 1. The first kappa shape index (κ1) is 11.6. The summed E-state index contributed by atoms with van der Waals surface area (Å²) in [6.07, 6.45) is 3.20. The first-order valence-electron chi connectivity index (χ1n) is 4.89. The SMILES string of the molecule is CCCCC(=O)C(F)CCCC. The minimum atomic E-state index is -1.20. The maximum absolute atomic E-state index is 13.0. The molecular weight excluding hydrogens is 155 g/mol. The van der Waals surface area contributed by atoms with Crippen molar-refractivity contribution in [2.45, 2.75) is 58.5 Å². The van der Waals surface area contributed by atoms with Gasteiger partial charge in [0.2, 0.25) is 0 Å². The Labute approximate surface area is 74.4 Å². The van der Waals surface area contributed by atoms with Gasteiger partial charge in [0, 0.05) is 6.42 Å². The molecule has 0 aliphatic heterocycles. The maximum atomic E-state index is 13.0. The molecule has 0 spiro atoms. The predicted octanol–water partition coefficient (Wildman–Crippen LogP) is 3.27. The summed E-state index contributed by atoms with van der Waals surface area (Å²) in [5, 5.41) is 0. The molecule has 0 saturated heterocycles. The van der Waals surface area contributed by atoms with E-state index < -0.39 is 6.17 Å². The van der Waals surface area contributed by atoms with E-state index in [-0.39, 0.29) is 5.78 Å². The molecule has 0 fully saturated rings. The van der Waals surface area contributed by atoms with Gasteiger partial charge in [-0.2, -0.15) is 0 Å². The lowest BCUT2D eigenvalue weighted by molar-refractivity contribution is -0.124. The molecule has 0 aromatic rings. The Balaban J connectivity index is 3.47. The fourth-order valence-corrected chi connectivity index (χ4v) is 1.05. The van der Waals surface area contributed by atoms with Crippen LogP contribution in [0.3, 0.4) is 0 Å². The second-order valence-electron chi connectivity index (χ2n) is 3.18. The van der Waals surface area contributed by atoms with E-state index in [0.29, 0.717) is 12.8 Å². The van der Waals surface area contributed by atoms with Gasteiger partial charge in [0.25, 0.3) is 0 Å². The van der Waals surface area contributed by atoms with E-state index in [0.717, 1.165) is 25.7 Å². The Kier molecular flexibility index (Phi) is 7.02. The number of carbonyl (C=O) groups excluding carboxylic acids is 1. The highest BCUT2D eigenvalue weighted by atomic mass is 19.1. The third kappa shape index (κ3) is 5.28. The maximum Gasteiger partial charge on any atom is 0.166 e. The number of hydrogen-bond donors (Lipinski definition) is 0. The number of rotatable bonds is 7. The molecule has 2 heteroatoms. The Morgan fingerprint density at radius 2 is 1.83 bits per heavy atom. The van der Waals surface area contributed by atoms with E-state index in [1.165, 1.54) is 0 Å². The van der Waals surface area contributed by atoms with Crippen molar-refractivity contribution < 1.29 is 9.18 Å². The standard InChI is InChI=1S/C10H19FO/c1-3-5-7-9(11)10(12)8-6-4-2/h9H,3-8H2,1-2H3. The molecule has 0 aliphatic carbocycles. The molecule has 0 amide bonds. The van der Waals surface area contributed by atoms with Gasteiger partial charge in [0.1, 0.15) is 0 Å². The van der Waals surface area contributed by atoms with Gasteiger partial charge < -0.3 is 0 Å². The van der Waals surface area contributed by atoms with Gasteiger partial charge in [0.15, 0.2) is 12.0 Å². The Morgan fingerprint density at radius 3 is 2.33 bits per heavy atom. The highest BCUT2D eigenvalue weighted by molar-refractivity contribution is 5.82. The molecule has 12 heavy (non-hydrogen) atoms. The highest BCUT2D eigenvalue weighted by Crippen LogP contribution is 2.09. The van der Waals surface area contributed by atoms with Crippen LogP contribution in [0.5, 0.6) is 0 Å². The predicted molar refractivity (Wildman–Crippen MR) is 49.0 cm³/mol. The number of hydrogen-bond acceptors (Lipinski definition) is 1. The van der Waals surface area contributed by atoms with Crippen molar-refractivity contribution in [3.05, 3.63) is 0 Å². The van der Waals surface area contributed by atoms with Crippen molar-refractivity contribution in [2.75, 3.05) is 0 Å². The zero-order valence-electron chi connectivity index (χ0n) is 8.11. The number of unbranched alkanes of at least 4 members (excludes halogenated alkanes) is 2. The van der Waals surface area contributed by atoms with Crippen molar-refractivity contribution in [3.63, 3.8) is 0 Å². The van der Waals surface area contributed by atoms with Crippen molar-refractivity contribution in [1.29, 1.82) is 0 Å². The normalized spacial score (nSPS) is 12.9. The lowest BCUT2D eigenvalue weighted by Crippen LogP contribution is -2.14. The van der Waals surface area contributed by atoms with Crippen LogP contribution in [-0.4, -0.2) is 12.0 Å². The number of halogens is 1. The molecule has 0 saturated carbocycles. The molecule has 0 bridgehead atoms. The van der Waals surface area contributed by atoms with Gasteiger partial charge in [-0.15, -0.1) is 0 Å². The van der Waals surface area contributed by atoms with Gasteiger partial charge in [0.05, 0.1) is 0 Å². The highest BCUT2D eigenvalue weighted by Gasteiger charge is 2.14. The van der Waals surface area contributed by atoms with Gasteiger partial charge in [-0.1, -0.05) is 33.1 Å². The van der Waals surface area contributed by atoms with E-state index in [4.69, 9.17) is 0 Å².